The fourth-order valence-corrected chi connectivity index (χ4v) is 2.58. The van der Waals surface area contributed by atoms with E-state index in [1.54, 1.807) is 0 Å². The lowest BCUT2D eigenvalue weighted by atomic mass is 9.92. The Morgan fingerprint density at radius 1 is 1.40 bits per heavy atom. The van der Waals surface area contributed by atoms with Crippen LogP contribution < -0.4 is 5.73 Å². The number of hydrogen-bond acceptors (Lipinski definition) is 4. The maximum Gasteiger partial charge on any atom is 0.310 e. The first-order valence-electron chi connectivity index (χ1n) is 6.89. The van der Waals surface area contributed by atoms with Gasteiger partial charge in [0, 0.05) is 19.1 Å². The van der Waals surface area contributed by atoms with Crippen LogP contribution in [0.3, 0.4) is 0 Å². The van der Waals surface area contributed by atoms with Crippen LogP contribution in [0.1, 0.15) is 18.9 Å². The highest BCUT2D eigenvalue weighted by Gasteiger charge is 2.32. The third-order valence-corrected chi connectivity index (χ3v) is 3.58. The largest absolute Gasteiger partial charge is 0.466 e. The number of nitrogens with zero attached hydrogens (tertiary/aromatic N) is 1. The molecule has 1 aliphatic heterocycles. The van der Waals surface area contributed by atoms with Crippen molar-refractivity contribution in [3.63, 3.8) is 0 Å². The van der Waals surface area contributed by atoms with Gasteiger partial charge in [0.2, 0.25) is 0 Å². The minimum absolute atomic E-state index is 0. The molecule has 1 fully saturated rings. The third kappa shape index (κ3) is 4.47. The lowest BCUT2D eigenvalue weighted by molar-refractivity contribution is -0.150. The van der Waals surface area contributed by atoms with Gasteiger partial charge in [-0.1, -0.05) is 30.3 Å². The predicted octanol–water partition coefficient (Wildman–Crippen LogP) is 1.82. The number of ether oxygens (including phenoxy) is 1. The predicted molar refractivity (Wildman–Crippen MR) is 81.7 cm³/mol. The number of hydrogen-bond donors (Lipinski definition) is 1. The Bertz CT molecular complexity index is 414. The number of benzene rings is 1. The van der Waals surface area contributed by atoms with Crippen LogP contribution in [0.4, 0.5) is 0 Å². The first kappa shape index (κ1) is 17.0. The Morgan fingerprint density at radius 2 is 2.10 bits per heavy atom. The van der Waals surface area contributed by atoms with E-state index in [0.717, 1.165) is 26.1 Å². The van der Waals surface area contributed by atoms with E-state index >= 15 is 0 Å². The Kier molecular flexibility index (Phi) is 6.99. The van der Waals surface area contributed by atoms with Crippen molar-refractivity contribution >= 4 is 18.4 Å². The summed E-state index contributed by atoms with van der Waals surface area (Å²) < 4.78 is 5.07. The molecule has 0 aromatic heterocycles. The van der Waals surface area contributed by atoms with E-state index < -0.39 is 0 Å². The molecule has 4 nitrogen and oxygen atoms in total. The molecule has 0 aliphatic carbocycles. The normalized spacial score (nSPS) is 22.9. The van der Waals surface area contributed by atoms with Crippen molar-refractivity contribution in [2.45, 2.75) is 25.9 Å². The molecule has 2 rings (SSSR count). The van der Waals surface area contributed by atoms with Crippen molar-refractivity contribution < 1.29 is 9.53 Å². The molecular weight excluding hydrogens is 276 g/mol. The third-order valence-electron chi connectivity index (χ3n) is 3.58. The van der Waals surface area contributed by atoms with Gasteiger partial charge in [0.15, 0.2) is 0 Å². The first-order valence-corrected chi connectivity index (χ1v) is 6.89. The Balaban J connectivity index is 0.00000200. The molecule has 2 atom stereocenters. The number of likely N-dealkylation sites (tertiary alicyclic amines) is 1. The molecule has 1 aromatic carbocycles. The first-order chi connectivity index (χ1) is 9.20. The zero-order chi connectivity index (χ0) is 13.7. The van der Waals surface area contributed by atoms with Gasteiger partial charge in [-0.25, -0.2) is 0 Å². The van der Waals surface area contributed by atoms with Gasteiger partial charge < -0.3 is 10.5 Å². The number of carbonyl (C=O) groups is 1. The second kappa shape index (κ2) is 8.25. The Morgan fingerprint density at radius 3 is 2.70 bits per heavy atom. The van der Waals surface area contributed by atoms with Crippen molar-refractivity contribution in [3.8, 4) is 0 Å². The Hall–Kier alpha value is -1.10. The summed E-state index contributed by atoms with van der Waals surface area (Å²) in [6.07, 6.45) is 0.785. The fourth-order valence-electron chi connectivity index (χ4n) is 2.58. The maximum atomic E-state index is 11.8. The number of halogens is 1. The zero-order valence-electron chi connectivity index (χ0n) is 11.8. The van der Waals surface area contributed by atoms with Crippen molar-refractivity contribution in [1.82, 2.24) is 4.90 Å². The van der Waals surface area contributed by atoms with Crippen molar-refractivity contribution in [3.05, 3.63) is 35.9 Å². The van der Waals surface area contributed by atoms with Gasteiger partial charge in [0.25, 0.3) is 0 Å². The summed E-state index contributed by atoms with van der Waals surface area (Å²) in [5.74, 6) is -0.290. The van der Waals surface area contributed by atoms with E-state index in [2.05, 4.69) is 17.0 Å². The summed E-state index contributed by atoms with van der Waals surface area (Å²) >= 11 is 0. The average molecular weight is 299 g/mol. The summed E-state index contributed by atoms with van der Waals surface area (Å²) in [6, 6.07) is 10.2. The quantitative estimate of drug-likeness (QED) is 0.862. The second-order valence-electron chi connectivity index (χ2n) is 5.03. The summed E-state index contributed by atoms with van der Waals surface area (Å²) in [4.78, 5) is 14.1. The van der Waals surface area contributed by atoms with Gasteiger partial charge in [0.1, 0.15) is 0 Å². The minimum atomic E-state index is -0.146. The van der Waals surface area contributed by atoms with Crippen LogP contribution in [0, 0.1) is 5.92 Å². The van der Waals surface area contributed by atoms with Gasteiger partial charge in [-0.3, -0.25) is 9.69 Å². The molecule has 0 radical (unpaired) electrons. The lowest BCUT2D eigenvalue weighted by Crippen LogP contribution is -2.51. The highest BCUT2D eigenvalue weighted by Crippen LogP contribution is 2.19. The molecule has 0 amide bonds. The summed E-state index contributed by atoms with van der Waals surface area (Å²) in [7, 11) is 0. The molecule has 0 spiro atoms. The molecule has 20 heavy (non-hydrogen) atoms. The highest BCUT2D eigenvalue weighted by atomic mass is 35.5. The summed E-state index contributed by atoms with van der Waals surface area (Å²) in [5, 5.41) is 0. The van der Waals surface area contributed by atoms with Crippen LogP contribution in [0.15, 0.2) is 30.3 Å². The van der Waals surface area contributed by atoms with E-state index in [1.165, 1.54) is 5.56 Å². The van der Waals surface area contributed by atoms with Crippen LogP contribution in [0.5, 0.6) is 0 Å². The van der Waals surface area contributed by atoms with Crippen molar-refractivity contribution in [2.75, 3.05) is 19.7 Å². The standard InChI is InChI=1S/C15H22N2O2.ClH/c1-2-19-15(18)13-8-9-17(11-14(13)16)10-12-6-4-3-5-7-12;/h3-7,13-14H,2,8-11,16H2,1H3;1H. The molecule has 0 saturated carbocycles. The number of piperidine rings is 1. The molecule has 1 heterocycles. The number of carbonyl (C=O) groups excluding carboxylic acids is 1. The van der Waals surface area contributed by atoms with Gasteiger partial charge in [-0.2, -0.15) is 0 Å². The lowest BCUT2D eigenvalue weighted by Gasteiger charge is -2.35. The topological polar surface area (TPSA) is 55.6 Å². The minimum Gasteiger partial charge on any atom is -0.466 e. The Labute approximate surface area is 126 Å². The van der Waals surface area contributed by atoms with E-state index in [1.807, 2.05) is 25.1 Å². The molecule has 5 heteroatoms. The van der Waals surface area contributed by atoms with E-state index in [9.17, 15) is 4.79 Å². The molecular formula is C15H23ClN2O2. The molecule has 2 N–H and O–H groups in total. The van der Waals surface area contributed by atoms with Gasteiger partial charge in [0.05, 0.1) is 12.5 Å². The van der Waals surface area contributed by atoms with Gasteiger partial charge >= 0.3 is 5.97 Å². The smallest absolute Gasteiger partial charge is 0.310 e. The second-order valence-corrected chi connectivity index (χ2v) is 5.03. The number of esters is 1. The van der Waals surface area contributed by atoms with E-state index in [0.29, 0.717) is 6.61 Å². The number of nitrogens with two attached hydrogens (primary N) is 1. The highest BCUT2D eigenvalue weighted by molar-refractivity contribution is 5.85. The maximum absolute atomic E-state index is 11.8. The van der Waals surface area contributed by atoms with Crippen LogP contribution in [-0.2, 0) is 16.1 Å². The molecule has 112 valence electrons. The van der Waals surface area contributed by atoms with Crippen LogP contribution >= 0.6 is 12.4 Å². The summed E-state index contributed by atoms with van der Waals surface area (Å²) in [5.41, 5.74) is 7.39. The van der Waals surface area contributed by atoms with Crippen molar-refractivity contribution in [2.24, 2.45) is 11.7 Å². The van der Waals surface area contributed by atoms with Crippen LogP contribution in [0.25, 0.3) is 0 Å². The van der Waals surface area contributed by atoms with Crippen molar-refractivity contribution in [1.29, 1.82) is 0 Å². The average Bonchev–Trinajstić information content (AvgIpc) is 2.40. The van der Waals surface area contributed by atoms with E-state index in [-0.39, 0.29) is 30.3 Å². The molecule has 1 aromatic rings. The monoisotopic (exact) mass is 298 g/mol. The number of rotatable bonds is 4. The van der Waals surface area contributed by atoms with Gasteiger partial charge in [-0.05, 0) is 25.5 Å². The zero-order valence-corrected chi connectivity index (χ0v) is 12.6. The molecule has 1 saturated heterocycles. The van der Waals surface area contributed by atoms with Crippen LogP contribution in [0.2, 0.25) is 0 Å². The summed E-state index contributed by atoms with van der Waals surface area (Å²) in [6.45, 7) is 4.79. The van der Waals surface area contributed by atoms with Gasteiger partial charge in [-0.15, -0.1) is 12.4 Å². The molecule has 1 aliphatic rings. The SMILES string of the molecule is CCOC(=O)C1CCN(Cc2ccccc2)CC1N.Cl. The molecule has 0 bridgehead atoms. The van der Waals surface area contributed by atoms with E-state index in [4.69, 9.17) is 10.5 Å². The van der Waals surface area contributed by atoms with Crippen LogP contribution in [-0.4, -0.2) is 36.6 Å². The molecule has 2 unspecified atom stereocenters. The fraction of sp³-hybridized carbons (Fsp3) is 0.533.